The molecule has 0 radical (unpaired) electrons. The predicted molar refractivity (Wildman–Crippen MR) is 77.2 cm³/mol. The van der Waals surface area contributed by atoms with Gasteiger partial charge in [0.05, 0.1) is 18.3 Å². The first kappa shape index (κ1) is 16.6. The summed E-state index contributed by atoms with van der Waals surface area (Å²) in [4.78, 5) is 0. The summed E-state index contributed by atoms with van der Waals surface area (Å²) in [5.74, 6) is 0.617. The molecule has 1 saturated carbocycles. The molecule has 0 heterocycles. The quantitative estimate of drug-likeness (QED) is 0.772. The van der Waals surface area contributed by atoms with E-state index in [-0.39, 0.29) is 17.6 Å². The van der Waals surface area contributed by atoms with Crippen molar-refractivity contribution in [1.82, 2.24) is 0 Å². The minimum atomic E-state index is -4.41. The van der Waals surface area contributed by atoms with Crippen LogP contribution >= 0.6 is 15.9 Å². The smallest absolute Gasteiger partial charge is 0.389 e. The van der Waals surface area contributed by atoms with E-state index in [9.17, 15) is 18.3 Å². The van der Waals surface area contributed by atoms with Crippen molar-refractivity contribution >= 4 is 21.6 Å². The van der Waals surface area contributed by atoms with Crippen molar-refractivity contribution in [3.8, 4) is 0 Å². The van der Waals surface area contributed by atoms with Crippen LogP contribution in [0.25, 0.3) is 0 Å². The van der Waals surface area contributed by atoms with E-state index in [1.54, 1.807) is 0 Å². The highest BCUT2D eigenvalue weighted by Crippen LogP contribution is 2.36. The Morgan fingerprint density at radius 1 is 1.38 bits per heavy atom. The van der Waals surface area contributed by atoms with Gasteiger partial charge in [0.15, 0.2) is 0 Å². The fourth-order valence-electron chi connectivity index (χ4n) is 1.80. The average Bonchev–Trinajstić information content (AvgIpc) is 3.20. The highest BCUT2D eigenvalue weighted by Gasteiger charge is 2.33. The predicted octanol–water partition coefficient (Wildman–Crippen LogP) is 3.67. The molecular formula is C14H17BrF3NO2. The maximum Gasteiger partial charge on any atom is 0.417 e. The monoisotopic (exact) mass is 367 g/mol. The van der Waals surface area contributed by atoms with Crippen LogP contribution in [-0.4, -0.2) is 31.0 Å². The third kappa shape index (κ3) is 5.48. The van der Waals surface area contributed by atoms with Crippen LogP contribution in [0.1, 0.15) is 18.4 Å². The van der Waals surface area contributed by atoms with Crippen LogP contribution < -0.4 is 5.32 Å². The molecule has 7 heteroatoms. The molecule has 118 valence electrons. The molecule has 1 atom stereocenters. The second-order valence-corrected chi connectivity index (χ2v) is 6.06. The fourth-order valence-corrected chi connectivity index (χ4v) is 2.27. The minimum Gasteiger partial charge on any atom is -0.389 e. The fraction of sp³-hybridized carbons (Fsp3) is 0.571. The number of hydrogen-bond donors (Lipinski definition) is 2. The van der Waals surface area contributed by atoms with E-state index < -0.39 is 17.8 Å². The molecule has 0 aromatic heterocycles. The molecule has 1 aromatic rings. The van der Waals surface area contributed by atoms with Crippen molar-refractivity contribution in [1.29, 1.82) is 0 Å². The molecular weight excluding hydrogens is 351 g/mol. The summed E-state index contributed by atoms with van der Waals surface area (Å²) < 4.78 is 43.6. The van der Waals surface area contributed by atoms with Crippen molar-refractivity contribution in [3.05, 3.63) is 28.2 Å². The number of ether oxygens (including phenoxy) is 1. The first-order chi connectivity index (χ1) is 9.86. The highest BCUT2D eigenvalue weighted by molar-refractivity contribution is 9.10. The summed E-state index contributed by atoms with van der Waals surface area (Å²) in [7, 11) is 0. The number of anilines is 1. The summed E-state index contributed by atoms with van der Waals surface area (Å²) in [6.07, 6.45) is -2.81. The number of benzene rings is 1. The zero-order valence-electron chi connectivity index (χ0n) is 11.3. The van der Waals surface area contributed by atoms with Gasteiger partial charge in [-0.2, -0.15) is 13.2 Å². The van der Waals surface area contributed by atoms with E-state index in [0.717, 1.165) is 6.07 Å². The molecule has 0 bridgehead atoms. The Morgan fingerprint density at radius 2 is 2.10 bits per heavy atom. The lowest BCUT2D eigenvalue weighted by atomic mass is 10.2. The minimum absolute atomic E-state index is 0.00568. The maximum absolute atomic E-state index is 12.7. The van der Waals surface area contributed by atoms with Gasteiger partial charge in [0, 0.05) is 23.3 Å². The van der Waals surface area contributed by atoms with E-state index in [2.05, 4.69) is 21.2 Å². The summed E-state index contributed by atoms with van der Waals surface area (Å²) >= 11 is 2.88. The zero-order chi connectivity index (χ0) is 15.5. The van der Waals surface area contributed by atoms with Crippen LogP contribution in [-0.2, 0) is 10.9 Å². The van der Waals surface area contributed by atoms with Gasteiger partial charge in [-0.15, -0.1) is 0 Å². The van der Waals surface area contributed by atoms with Crippen molar-refractivity contribution < 1.29 is 23.0 Å². The molecule has 2 rings (SSSR count). The summed E-state index contributed by atoms with van der Waals surface area (Å²) in [6, 6.07) is 3.88. The lowest BCUT2D eigenvalue weighted by molar-refractivity contribution is -0.138. The van der Waals surface area contributed by atoms with E-state index in [4.69, 9.17) is 4.74 Å². The standard InChI is InChI=1S/C14H17BrF3NO2/c15-13-4-3-10(5-12(13)14(16,17)18)19-6-11(20)8-21-7-9-1-2-9/h3-5,9,11,19-20H,1-2,6-8H2. The Kier molecular flexibility index (Phi) is 5.51. The molecule has 0 aliphatic heterocycles. The second-order valence-electron chi connectivity index (χ2n) is 5.21. The number of aliphatic hydroxyl groups excluding tert-OH is 1. The Labute approximate surface area is 129 Å². The number of hydrogen-bond acceptors (Lipinski definition) is 3. The number of alkyl halides is 3. The summed E-state index contributed by atoms with van der Waals surface area (Å²) in [5.41, 5.74) is -0.432. The first-order valence-corrected chi connectivity index (χ1v) is 7.52. The van der Waals surface area contributed by atoms with Crippen molar-refractivity contribution in [2.75, 3.05) is 25.1 Å². The van der Waals surface area contributed by atoms with Gasteiger partial charge in [0.1, 0.15) is 0 Å². The van der Waals surface area contributed by atoms with E-state index in [1.807, 2.05) is 0 Å². The Morgan fingerprint density at radius 3 is 2.71 bits per heavy atom. The van der Waals surface area contributed by atoms with Gasteiger partial charge in [0.25, 0.3) is 0 Å². The molecule has 0 saturated heterocycles. The van der Waals surface area contributed by atoms with Gasteiger partial charge in [0.2, 0.25) is 0 Å². The first-order valence-electron chi connectivity index (χ1n) is 6.72. The van der Waals surface area contributed by atoms with E-state index >= 15 is 0 Å². The van der Waals surface area contributed by atoms with Crippen LogP contribution in [0.4, 0.5) is 18.9 Å². The van der Waals surface area contributed by atoms with Crippen molar-refractivity contribution in [2.24, 2.45) is 5.92 Å². The highest BCUT2D eigenvalue weighted by atomic mass is 79.9. The molecule has 3 nitrogen and oxygen atoms in total. The molecule has 2 N–H and O–H groups in total. The van der Waals surface area contributed by atoms with Crippen LogP contribution in [0.2, 0.25) is 0 Å². The Balaban J connectivity index is 1.81. The Bertz CT molecular complexity index is 478. The molecule has 1 aliphatic carbocycles. The SMILES string of the molecule is OC(CNc1ccc(Br)c(C(F)(F)F)c1)COCC1CC1. The zero-order valence-corrected chi connectivity index (χ0v) is 12.9. The molecule has 21 heavy (non-hydrogen) atoms. The van der Waals surface area contributed by atoms with Gasteiger partial charge >= 0.3 is 6.18 Å². The molecule has 1 aliphatic rings. The third-order valence-electron chi connectivity index (χ3n) is 3.17. The van der Waals surface area contributed by atoms with Gasteiger partial charge < -0.3 is 15.2 Å². The van der Waals surface area contributed by atoms with Gasteiger partial charge in [-0.05, 0) is 37.0 Å². The Hall–Kier alpha value is -0.790. The lowest BCUT2D eigenvalue weighted by Gasteiger charge is -2.15. The molecule has 0 spiro atoms. The average molecular weight is 368 g/mol. The normalized spacial score (nSPS) is 16.8. The van der Waals surface area contributed by atoms with Crippen molar-refractivity contribution in [2.45, 2.75) is 25.1 Å². The number of halogens is 4. The molecule has 1 fully saturated rings. The van der Waals surface area contributed by atoms with Gasteiger partial charge in [-0.1, -0.05) is 15.9 Å². The van der Waals surface area contributed by atoms with Crippen molar-refractivity contribution in [3.63, 3.8) is 0 Å². The summed E-state index contributed by atoms with van der Waals surface area (Å²) in [5, 5.41) is 12.5. The summed E-state index contributed by atoms with van der Waals surface area (Å²) in [6.45, 7) is 0.976. The number of aliphatic hydroxyl groups is 1. The van der Waals surface area contributed by atoms with Gasteiger partial charge in [-0.25, -0.2) is 0 Å². The van der Waals surface area contributed by atoms with Crippen LogP contribution in [0, 0.1) is 5.92 Å². The van der Waals surface area contributed by atoms with E-state index in [1.165, 1.54) is 25.0 Å². The largest absolute Gasteiger partial charge is 0.417 e. The molecule has 0 amide bonds. The number of nitrogens with one attached hydrogen (secondary N) is 1. The van der Waals surface area contributed by atoms with Crippen LogP contribution in [0.3, 0.4) is 0 Å². The van der Waals surface area contributed by atoms with E-state index in [0.29, 0.717) is 18.2 Å². The maximum atomic E-state index is 12.7. The topological polar surface area (TPSA) is 41.5 Å². The van der Waals surface area contributed by atoms with Crippen LogP contribution in [0.5, 0.6) is 0 Å². The molecule has 1 aromatic carbocycles. The van der Waals surface area contributed by atoms with Crippen LogP contribution in [0.15, 0.2) is 22.7 Å². The van der Waals surface area contributed by atoms with Gasteiger partial charge in [-0.3, -0.25) is 0 Å². The molecule has 1 unspecified atom stereocenters. The lowest BCUT2D eigenvalue weighted by Crippen LogP contribution is -2.25. The number of rotatable bonds is 7. The third-order valence-corrected chi connectivity index (χ3v) is 3.87. The second kappa shape index (κ2) is 6.98.